The highest BCUT2D eigenvalue weighted by molar-refractivity contribution is 8.03. The molecule has 6 heteroatoms. The minimum Gasteiger partial charge on any atom is -0.383 e. The van der Waals surface area contributed by atoms with Crippen LogP contribution >= 0.6 is 11.8 Å². The average Bonchev–Trinajstić information content (AvgIpc) is 1.58. The maximum absolute atomic E-state index is 4.35. The summed E-state index contributed by atoms with van der Waals surface area (Å²) in [6.07, 6.45) is 34.2. The van der Waals surface area contributed by atoms with Crippen molar-refractivity contribution in [1.29, 1.82) is 0 Å². The zero-order chi connectivity index (χ0) is 76.1. The first-order chi connectivity index (χ1) is 53.5. The Kier molecular flexibility index (Phi) is 20.8. The Balaban J connectivity index is 0.844. The Morgan fingerprint density at radius 3 is 1.18 bits per heavy atom. The summed E-state index contributed by atoms with van der Waals surface area (Å²) in [5.41, 5.74) is 26.9. The number of unbranched alkanes of at least 4 members (excludes halogenated alkanes) is 8. The molecular weight excluding hydrogens is 1350 g/mol. The van der Waals surface area contributed by atoms with Gasteiger partial charge in [-0.25, -0.2) is 0 Å². The molecule has 4 aliphatic heterocycles. The first kappa shape index (κ1) is 74.3. The third-order valence-corrected chi connectivity index (χ3v) is 26.4. The molecule has 5 nitrogen and oxygen atoms in total. The summed E-state index contributed by atoms with van der Waals surface area (Å²) in [5.74, 6) is 0.826. The van der Waals surface area contributed by atoms with E-state index in [0.717, 1.165) is 64.2 Å². The van der Waals surface area contributed by atoms with Gasteiger partial charge in [0.05, 0.1) is 10.8 Å². The Morgan fingerprint density at radius 2 is 0.727 bits per heavy atom. The van der Waals surface area contributed by atoms with E-state index in [9.17, 15) is 0 Å². The van der Waals surface area contributed by atoms with Crippen LogP contribution in [-0.2, 0) is 21.7 Å². The van der Waals surface area contributed by atoms with E-state index in [1.807, 2.05) is 11.8 Å². The molecule has 10 aromatic rings. The first-order valence-corrected chi connectivity index (χ1v) is 42.7. The molecule has 0 saturated carbocycles. The van der Waals surface area contributed by atoms with Crippen LogP contribution in [0.4, 0.5) is 22.7 Å². The van der Waals surface area contributed by atoms with Gasteiger partial charge < -0.3 is 15.1 Å². The summed E-state index contributed by atoms with van der Waals surface area (Å²) in [5, 5.41) is 15.0. The number of nitrogens with one attached hydrogen (secondary N) is 1. The molecule has 1 N–H and O–H groups in total. The van der Waals surface area contributed by atoms with Crippen molar-refractivity contribution in [2.45, 2.75) is 182 Å². The highest BCUT2D eigenvalue weighted by Gasteiger charge is 2.48. The van der Waals surface area contributed by atoms with Gasteiger partial charge in [0.25, 0.3) is 0 Å². The third-order valence-electron chi connectivity index (χ3n) is 25.3. The van der Waals surface area contributed by atoms with E-state index in [1.165, 1.54) is 217 Å². The summed E-state index contributed by atoms with van der Waals surface area (Å²) >= 11 is 2.02. The van der Waals surface area contributed by atoms with Gasteiger partial charge in [-0.1, -0.05) is 264 Å². The molecule has 0 saturated heterocycles. The molecule has 0 spiro atoms. The highest BCUT2D eigenvalue weighted by atomic mass is 32.2. The normalized spacial score (nSPS) is 18.6. The summed E-state index contributed by atoms with van der Waals surface area (Å²) in [7, 11) is 0. The maximum atomic E-state index is 4.35. The minimum absolute atomic E-state index is 0.247. The summed E-state index contributed by atoms with van der Waals surface area (Å²) < 4.78 is 5.35. The van der Waals surface area contributed by atoms with Gasteiger partial charge >= 0.3 is 0 Å². The van der Waals surface area contributed by atoms with Gasteiger partial charge in [-0.3, -0.25) is 0 Å². The number of anilines is 2. The van der Waals surface area contributed by atoms with E-state index < -0.39 is 0 Å². The van der Waals surface area contributed by atoms with E-state index in [1.54, 1.807) is 0 Å². The van der Waals surface area contributed by atoms with Crippen molar-refractivity contribution in [1.82, 2.24) is 5.32 Å². The number of rotatable bonds is 27. The molecule has 110 heavy (non-hydrogen) atoms. The van der Waals surface area contributed by atoms with Crippen LogP contribution in [0.2, 0.25) is 0 Å². The SMILES string of the molecule is CCCCCN1/C(=C/C=C2C(NCCSC3=C(/C=C/C4=[N+](CCCCC)c5ccc6ccccc6c5C4(C)C)c4ccccc4/C3=C\C=C3\N(CCCCC)c4ccc5ccccc5c4C3(C)C)=C(/C=C/C3=[N+](CCCCC)c4ccc5ccccc5c4C3(C)C)c3ccccc3/2)C(C)(C)c2c1ccc1ccccc21. The Labute approximate surface area is 660 Å². The molecule has 16 rings (SSSR count). The molecule has 0 amide bonds. The van der Waals surface area contributed by atoms with Crippen LogP contribution < -0.4 is 15.1 Å². The van der Waals surface area contributed by atoms with Gasteiger partial charge in [0.1, 0.15) is 13.1 Å². The number of benzene rings is 10. The van der Waals surface area contributed by atoms with Gasteiger partial charge in [-0.05, 0) is 190 Å². The molecule has 0 fully saturated rings. The summed E-state index contributed by atoms with van der Waals surface area (Å²) in [6.45, 7) is 33.7. The number of allylic oxidation sites excluding steroid dienone is 14. The summed E-state index contributed by atoms with van der Waals surface area (Å²) in [4.78, 5) is 6.68. The molecule has 4 heterocycles. The lowest BCUT2D eigenvalue weighted by Gasteiger charge is -2.27. The summed E-state index contributed by atoms with van der Waals surface area (Å²) in [6, 6.07) is 73.7. The fraction of sp³-hybridized carbons (Fsp3) is 0.327. The molecule has 2 aliphatic carbocycles. The lowest BCUT2D eigenvalue weighted by atomic mass is 9.79. The average molecular weight is 1470 g/mol. The molecule has 0 aromatic heterocycles. The predicted octanol–water partition coefficient (Wildman–Crippen LogP) is 26.9. The van der Waals surface area contributed by atoms with Crippen molar-refractivity contribution in [3.63, 3.8) is 0 Å². The quantitative estimate of drug-likeness (QED) is 0.0410. The maximum Gasteiger partial charge on any atom is 0.210 e. The van der Waals surface area contributed by atoms with Crippen LogP contribution in [-0.4, -0.2) is 59.1 Å². The molecule has 10 aromatic carbocycles. The Bertz CT molecular complexity index is 5280. The van der Waals surface area contributed by atoms with Crippen LogP contribution in [0.25, 0.3) is 65.4 Å². The number of nitrogens with zero attached hydrogens (tertiary/aromatic N) is 4. The second-order valence-corrected chi connectivity index (χ2v) is 34.9. The van der Waals surface area contributed by atoms with E-state index in [2.05, 4.69) is 350 Å². The highest BCUT2D eigenvalue weighted by Crippen LogP contribution is 2.56. The van der Waals surface area contributed by atoms with Crippen LogP contribution in [0.3, 0.4) is 0 Å². The first-order valence-electron chi connectivity index (χ1n) is 41.7. The molecule has 6 aliphatic rings. The van der Waals surface area contributed by atoms with Crippen molar-refractivity contribution < 1.29 is 9.15 Å². The van der Waals surface area contributed by atoms with Crippen molar-refractivity contribution in [2.75, 3.05) is 48.3 Å². The van der Waals surface area contributed by atoms with Gasteiger partial charge in [0, 0.05) is 129 Å². The van der Waals surface area contributed by atoms with Gasteiger partial charge in [0.2, 0.25) is 11.4 Å². The van der Waals surface area contributed by atoms with Crippen LogP contribution in [0, 0.1) is 0 Å². The van der Waals surface area contributed by atoms with Gasteiger partial charge in [0.15, 0.2) is 11.4 Å². The van der Waals surface area contributed by atoms with Crippen molar-refractivity contribution in [3.05, 3.63) is 309 Å². The molecular formula is C104H113N5S+2. The van der Waals surface area contributed by atoms with Crippen molar-refractivity contribution in [2.24, 2.45) is 0 Å². The minimum atomic E-state index is -0.254. The van der Waals surface area contributed by atoms with Crippen molar-refractivity contribution >= 4 is 111 Å². The standard InChI is InChI=1S/C104H112N5S/c1-13-17-33-66-106-87-57-49-71-37-21-25-41-75(71)95(87)101(5,6)91(106)61-53-83-79-45-29-30-46-80(79)84(54-62-92-102(7,8)96-76-42-26-22-38-72(76)50-58-88(96)107(92)67-34-18-14-2)99(83)105-65-70-110-100-85(55-63-93-103(9,10)97-77-43-27-23-39-73(77)51-59-89(97)108(93)68-35-19-15-3)81-47-31-32-48-82(81)86(100)56-64-94-104(11,12)98-78-44-28-24-40-74(78)52-60-90(98)109(94)69-36-20-16-4/h21-32,37-64H,13-20,33-36,65-70H2,1-12H3/q+1/p+1/b83-53+,91-61+. The molecule has 558 valence electrons. The number of hydrogen-bond acceptors (Lipinski definition) is 4. The second-order valence-electron chi connectivity index (χ2n) is 33.8. The fourth-order valence-corrected chi connectivity index (χ4v) is 21.0. The van der Waals surface area contributed by atoms with E-state index in [-0.39, 0.29) is 21.7 Å². The van der Waals surface area contributed by atoms with Gasteiger partial charge in [-0.15, -0.1) is 11.8 Å². The molecule has 0 radical (unpaired) electrons. The smallest absolute Gasteiger partial charge is 0.210 e. The van der Waals surface area contributed by atoms with Crippen molar-refractivity contribution in [3.8, 4) is 0 Å². The zero-order valence-electron chi connectivity index (χ0n) is 67.5. The largest absolute Gasteiger partial charge is 0.383 e. The van der Waals surface area contributed by atoms with Crippen LogP contribution in [0.15, 0.2) is 265 Å². The third kappa shape index (κ3) is 13.0. The molecule has 0 bridgehead atoms. The van der Waals surface area contributed by atoms with E-state index in [4.69, 9.17) is 0 Å². The van der Waals surface area contributed by atoms with E-state index >= 15 is 0 Å². The van der Waals surface area contributed by atoms with Crippen LogP contribution in [0.1, 0.15) is 205 Å². The Hall–Kier alpha value is -9.75. The second kappa shape index (κ2) is 30.8. The van der Waals surface area contributed by atoms with Crippen LogP contribution in [0.5, 0.6) is 0 Å². The number of fused-ring (bicyclic) bond motifs is 14. The zero-order valence-corrected chi connectivity index (χ0v) is 68.3. The van der Waals surface area contributed by atoms with E-state index in [0.29, 0.717) is 0 Å². The lowest BCUT2D eigenvalue weighted by molar-refractivity contribution is -0.438. The lowest BCUT2D eigenvalue weighted by Crippen LogP contribution is -2.28. The van der Waals surface area contributed by atoms with Gasteiger partial charge in [-0.2, -0.15) is 9.15 Å². The predicted molar refractivity (Wildman–Crippen MR) is 478 cm³/mol. The monoisotopic (exact) mass is 1460 g/mol. The number of hydrogen-bond donors (Lipinski definition) is 1. The topological polar surface area (TPSA) is 24.5 Å². The number of thioether (sulfide) groups is 1. The fourth-order valence-electron chi connectivity index (χ4n) is 19.9. The Morgan fingerprint density at radius 1 is 0.355 bits per heavy atom. The molecule has 0 atom stereocenters. The molecule has 0 unspecified atom stereocenters.